The number of nitrogens with two attached hydrogens (primary N) is 1. The largest absolute Gasteiger partial charge is 0.383 e. The molecule has 0 amide bonds. The molecule has 186 valence electrons. The molecule has 0 atom stereocenters. The highest BCUT2D eigenvalue weighted by Crippen LogP contribution is 2.34. The van der Waals surface area contributed by atoms with Gasteiger partial charge in [-0.15, -0.1) is 5.10 Å². The Balaban J connectivity index is 1.38. The fraction of sp³-hybridized carbons (Fsp3) is 0.179. The van der Waals surface area contributed by atoms with Gasteiger partial charge in [-0.1, -0.05) is 42.5 Å². The minimum Gasteiger partial charge on any atom is -0.383 e. The van der Waals surface area contributed by atoms with E-state index in [2.05, 4.69) is 39.2 Å². The number of nitrogens with zero attached hydrogens (tertiary/aromatic N) is 6. The van der Waals surface area contributed by atoms with Gasteiger partial charge in [0.25, 0.3) is 0 Å². The number of rotatable bonds is 5. The highest BCUT2D eigenvalue weighted by atomic mass is 19.1. The number of anilines is 2. The number of piperazine rings is 1. The predicted molar refractivity (Wildman–Crippen MR) is 140 cm³/mol. The number of benzene rings is 3. The molecule has 2 N–H and O–H groups in total. The number of aromatic nitrogens is 4. The van der Waals surface area contributed by atoms with E-state index >= 15 is 0 Å². The third-order valence-corrected chi connectivity index (χ3v) is 6.66. The molecule has 5 aromatic rings. The maximum absolute atomic E-state index is 15.0. The summed E-state index contributed by atoms with van der Waals surface area (Å²) in [4.78, 5) is 14.0. The van der Waals surface area contributed by atoms with E-state index in [1.165, 1.54) is 28.4 Å². The molecule has 3 aromatic carbocycles. The van der Waals surface area contributed by atoms with Crippen LogP contribution in [0.3, 0.4) is 0 Å². The Hall–Kier alpha value is -4.37. The number of halogens is 2. The first-order valence-electron chi connectivity index (χ1n) is 12.1. The van der Waals surface area contributed by atoms with Crippen LogP contribution in [0.1, 0.15) is 5.56 Å². The van der Waals surface area contributed by atoms with Crippen LogP contribution in [0.15, 0.2) is 78.9 Å². The standard InChI is InChI=1S/C28H25F2N7/c29-20-10-12-21(13-11-20)37-26(31)24-25(22-8-4-5-9-23(22)30)32-28(33-27(24)34-37)36-16-14-35(15-17-36)18-19-6-2-1-3-7-19/h1-13H,14-18,31H2. The van der Waals surface area contributed by atoms with Gasteiger partial charge < -0.3 is 10.6 Å². The first kappa shape index (κ1) is 23.1. The predicted octanol–water partition coefficient (Wildman–Crippen LogP) is 4.67. The lowest BCUT2D eigenvalue weighted by Crippen LogP contribution is -2.46. The summed E-state index contributed by atoms with van der Waals surface area (Å²) in [6.45, 7) is 4.02. The van der Waals surface area contributed by atoms with Crippen LogP contribution in [0, 0.1) is 11.6 Å². The van der Waals surface area contributed by atoms with Crippen molar-refractivity contribution in [2.75, 3.05) is 36.8 Å². The summed E-state index contributed by atoms with van der Waals surface area (Å²) < 4.78 is 30.0. The maximum atomic E-state index is 15.0. The van der Waals surface area contributed by atoms with Gasteiger partial charge in [-0.2, -0.15) is 4.98 Å². The molecule has 0 spiro atoms. The van der Waals surface area contributed by atoms with E-state index < -0.39 is 5.82 Å². The molecule has 1 aliphatic rings. The second kappa shape index (κ2) is 9.59. The van der Waals surface area contributed by atoms with Crippen molar-refractivity contribution in [2.45, 2.75) is 6.54 Å². The zero-order chi connectivity index (χ0) is 25.4. The lowest BCUT2D eigenvalue weighted by Gasteiger charge is -2.34. The van der Waals surface area contributed by atoms with Gasteiger partial charge in [0.15, 0.2) is 5.65 Å². The molecule has 9 heteroatoms. The van der Waals surface area contributed by atoms with Crippen LogP contribution in [0.2, 0.25) is 0 Å². The second-order valence-electron chi connectivity index (χ2n) is 9.07. The average molecular weight is 498 g/mol. The topological polar surface area (TPSA) is 76.1 Å². The molecule has 1 aliphatic heterocycles. The average Bonchev–Trinajstić information content (AvgIpc) is 3.26. The van der Waals surface area contributed by atoms with Gasteiger partial charge in [0.1, 0.15) is 17.5 Å². The number of hydrogen-bond donors (Lipinski definition) is 1. The summed E-state index contributed by atoms with van der Waals surface area (Å²) in [7, 11) is 0. The molecule has 37 heavy (non-hydrogen) atoms. The van der Waals surface area contributed by atoms with Crippen LogP contribution >= 0.6 is 0 Å². The molecule has 0 bridgehead atoms. The number of hydrogen-bond acceptors (Lipinski definition) is 6. The van der Waals surface area contributed by atoms with Crippen molar-refractivity contribution in [3.8, 4) is 16.9 Å². The van der Waals surface area contributed by atoms with Crippen molar-refractivity contribution < 1.29 is 8.78 Å². The Morgan fingerprint density at radius 2 is 1.49 bits per heavy atom. The van der Waals surface area contributed by atoms with Crippen LogP contribution in [-0.2, 0) is 6.54 Å². The van der Waals surface area contributed by atoms with Crippen LogP contribution in [0.25, 0.3) is 28.0 Å². The minimum atomic E-state index is -0.407. The highest BCUT2D eigenvalue weighted by Gasteiger charge is 2.25. The van der Waals surface area contributed by atoms with E-state index in [0.29, 0.717) is 33.9 Å². The summed E-state index contributed by atoms with van der Waals surface area (Å²) in [6.07, 6.45) is 0. The summed E-state index contributed by atoms with van der Waals surface area (Å²) in [6, 6.07) is 22.7. The van der Waals surface area contributed by atoms with Gasteiger partial charge in [0.2, 0.25) is 5.95 Å². The highest BCUT2D eigenvalue weighted by molar-refractivity contribution is 5.99. The smallest absolute Gasteiger partial charge is 0.228 e. The Morgan fingerprint density at radius 3 is 2.22 bits per heavy atom. The summed E-state index contributed by atoms with van der Waals surface area (Å²) in [5, 5.41) is 5.07. The van der Waals surface area contributed by atoms with Crippen LogP contribution < -0.4 is 10.6 Å². The van der Waals surface area contributed by atoms with E-state index in [4.69, 9.17) is 15.7 Å². The van der Waals surface area contributed by atoms with Crippen molar-refractivity contribution in [2.24, 2.45) is 0 Å². The maximum Gasteiger partial charge on any atom is 0.228 e. The van der Waals surface area contributed by atoms with E-state index in [0.717, 1.165) is 32.7 Å². The summed E-state index contributed by atoms with van der Waals surface area (Å²) >= 11 is 0. The number of fused-ring (bicyclic) bond motifs is 1. The summed E-state index contributed by atoms with van der Waals surface area (Å²) in [5.74, 6) is -0.0254. The Labute approximate surface area is 212 Å². The third kappa shape index (κ3) is 4.49. The molecule has 7 nitrogen and oxygen atoms in total. The van der Waals surface area contributed by atoms with Crippen LogP contribution in [0.4, 0.5) is 20.5 Å². The van der Waals surface area contributed by atoms with E-state index in [1.54, 1.807) is 30.3 Å². The molecule has 0 saturated carbocycles. The van der Waals surface area contributed by atoms with E-state index in [-0.39, 0.29) is 11.6 Å². The molecular formula is C28H25F2N7. The van der Waals surface area contributed by atoms with E-state index in [1.807, 2.05) is 6.07 Å². The van der Waals surface area contributed by atoms with E-state index in [9.17, 15) is 8.78 Å². The SMILES string of the molecule is Nc1c2c(-c3ccccc3F)nc(N3CCN(Cc4ccccc4)CC3)nc2nn1-c1ccc(F)cc1. The first-order valence-corrected chi connectivity index (χ1v) is 12.1. The first-order chi connectivity index (χ1) is 18.1. The number of nitrogen functional groups attached to an aromatic ring is 1. The quantitative estimate of drug-likeness (QED) is 0.381. The lowest BCUT2D eigenvalue weighted by atomic mass is 10.1. The van der Waals surface area contributed by atoms with Gasteiger partial charge in [0.05, 0.1) is 16.8 Å². The Bertz CT molecular complexity index is 1540. The molecule has 2 aromatic heterocycles. The molecule has 0 unspecified atom stereocenters. The lowest BCUT2D eigenvalue weighted by molar-refractivity contribution is 0.249. The third-order valence-electron chi connectivity index (χ3n) is 6.66. The Kier molecular flexibility index (Phi) is 5.97. The van der Waals surface area contributed by atoms with Gasteiger partial charge in [-0.3, -0.25) is 4.90 Å². The van der Waals surface area contributed by atoms with Crippen molar-refractivity contribution >= 4 is 22.8 Å². The molecule has 6 rings (SSSR count). The van der Waals surface area contributed by atoms with Crippen molar-refractivity contribution in [1.82, 2.24) is 24.6 Å². The van der Waals surface area contributed by atoms with Crippen molar-refractivity contribution in [3.63, 3.8) is 0 Å². The zero-order valence-electron chi connectivity index (χ0n) is 20.1. The summed E-state index contributed by atoms with van der Waals surface area (Å²) in [5.41, 5.74) is 9.42. The van der Waals surface area contributed by atoms with Gasteiger partial charge >= 0.3 is 0 Å². The van der Waals surface area contributed by atoms with Gasteiger partial charge in [0, 0.05) is 38.3 Å². The fourth-order valence-electron chi connectivity index (χ4n) is 4.72. The van der Waals surface area contributed by atoms with Crippen molar-refractivity contribution in [1.29, 1.82) is 0 Å². The molecule has 0 radical (unpaired) electrons. The Morgan fingerprint density at radius 1 is 0.784 bits per heavy atom. The minimum absolute atomic E-state index is 0.263. The van der Waals surface area contributed by atoms with Gasteiger partial charge in [-0.05, 0) is 42.0 Å². The fourth-order valence-corrected chi connectivity index (χ4v) is 4.72. The zero-order valence-corrected chi connectivity index (χ0v) is 20.1. The van der Waals surface area contributed by atoms with Crippen molar-refractivity contribution in [3.05, 3.63) is 96.1 Å². The molecule has 1 saturated heterocycles. The molecule has 0 aliphatic carbocycles. The van der Waals surface area contributed by atoms with Crippen LogP contribution in [-0.4, -0.2) is 50.8 Å². The van der Waals surface area contributed by atoms with Crippen LogP contribution in [0.5, 0.6) is 0 Å². The monoisotopic (exact) mass is 497 g/mol. The molecular weight excluding hydrogens is 472 g/mol. The normalized spacial score (nSPS) is 14.4. The second-order valence-corrected chi connectivity index (χ2v) is 9.07. The molecule has 1 fully saturated rings. The molecule has 3 heterocycles. The van der Waals surface area contributed by atoms with Gasteiger partial charge in [-0.25, -0.2) is 18.4 Å².